The van der Waals surface area contributed by atoms with Gasteiger partial charge < -0.3 is 9.15 Å². The van der Waals surface area contributed by atoms with Gasteiger partial charge in [-0.25, -0.2) is 4.98 Å². The molecule has 0 radical (unpaired) electrons. The Kier molecular flexibility index (Phi) is 1.87. The van der Waals surface area contributed by atoms with Crippen molar-refractivity contribution in [3.05, 3.63) is 18.7 Å². The van der Waals surface area contributed by atoms with Gasteiger partial charge in [-0.05, 0) is 6.07 Å². The SMILES string of the molecule is COc1nccc(-c2nnco2)n1. The fourth-order valence-corrected chi connectivity index (χ4v) is 0.843. The maximum Gasteiger partial charge on any atom is 0.316 e. The highest BCUT2D eigenvalue weighted by atomic mass is 16.5. The van der Waals surface area contributed by atoms with Crippen LogP contribution in [0, 0.1) is 0 Å². The summed E-state index contributed by atoms with van der Waals surface area (Å²) in [5.74, 6) is 0.348. The van der Waals surface area contributed by atoms with Crippen LogP contribution in [-0.4, -0.2) is 27.3 Å². The Labute approximate surface area is 73.6 Å². The summed E-state index contributed by atoms with van der Waals surface area (Å²) in [5, 5.41) is 7.24. The van der Waals surface area contributed by atoms with Crippen molar-refractivity contribution >= 4 is 0 Å². The third-order valence-corrected chi connectivity index (χ3v) is 1.40. The molecule has 13 heavy (non-hydrogen) atoms. The minimum Gasteiger partial charge on any atom is -0.467 e. The number of ether oxygens (including phenoxy) is 1. The lowest BCUT2D eigenvalue weighted by molar-refractivity contribution is 0.379. The highest BCUT2D eigenvalue weighted by Crippen LogP contribution is 2.13. The molecule has 0 aliphatic heterocycles. The number of aromatic nitrogens is 4. The van der Waals surface area contributed by atoms with Gasteiger partial charge in [0.1, 0.15) is 5.69 Å². The molecule has 0 aromatic carbocycles. The van der Waals surface area contributed by atoms with Crippen molar-refractivity contribution in [3.8, 4) is 17.6 Å². The van der Waals surface area contributed by atoms with Crippen LogP contribution in [0.1, 0.15) is 0 Å². The predicted octanol–water partition coefficient (Wildman–Crippen LogP) is 0.535. The second-order valence-corrected chi connectivity index (χ2v) is 2.17. The third-order valence-electron chi connectivity index (χ3n) is 1.40. The van der Waals surface area contributed by atoms with Crippen molar-refractivity contribution in [2.24, 2.45) is 0 Å². The molecular weight excluding hydrogens is 172 g/mol. The van der Waals surface area contributed by atoms with E-state index in [0.29, 0.717) is 11.6 Å². The van der Waals surface area contributed by atoms with Crippen molar-refractivity contribution in [1.29, 1.82) is 0 Å². The Morgan fingerprint density at radius 2 is 2.38 bits per heavy atom. The van der Waals surface area contributed by atoms with Gasteiger partial charge in [-0.1, -0.05) is 0 Å². The minimum absolute atomic E-state index is 0.274. The predicted molar refractivity (Wildman–Crippen MR) is 41.9 cm³/mol. The van der Waals surface area contributed by atoms with Gasteiger partial charge >= 0.3 is 6.01 Å². The van der Waals surface area contributed by atoms with Gasteiger partial charge in [-0.2, -0.15) is 4.98 Å². The maximum atomic E-state index is 4.95. The molecule has 2 rings (SSSR count). The Balaban J connectivity index is 2.41. The van der Waals surface area contributed by atoms with E-state index in [1.54, 1.807) is 12.3 Å². The molecule has 66 valence electrons. The Bertz CT molecular complexity index is 387. The molecule has 0 N–H and O–H groups in total. The van der Waals surface area contributed by atoms with Crippen molar-refractivity contribution in [3.63, 3.8) is 0 Å². The lowest BCUT2D eigenvalue weighted by Gasteiger charge is -1.96. The molecule has 6 nitrogen and oxygen atoms in total. The number of rotatable bonds is 2. The van der Waals surface area contributed by atoms with E-state index in [9.17, 15) is 0 Å². The molecular formula is C7H6N4O2. The van der Waals surface area contributed by atoms with Crippen LogP contribution in [0.4, 0.5) is 0 Å². The number of hydrogen-bond donors (Lipinski definition) is 0. The van der Waals surface area contributed by atoms with E-state index in [1.165, 1.54) is 13.5 Å². The smallest absolute Gasteiger partial charge is 0.316 e. The summed E-state index contributed by atoms with van der Waals surface area (Å²) >= 11 is 0. The van der Waals surface area contributed by atoms with E-state index in [2.05, 4.69) is 20.2 Å². The third kappa shape index (κ3) is 1.46. The molecule has 2 heterocycles. The van der Waals surface area contributed by atoms with E-state index >= 15 is 0 Å². The van der Waals surface area contributed by atoms with Crippen LogP contribution < -0.4 is 4.74 Å². The van der Waals surface area contributed by atoms with Gasteiger partial charge in [-0.3, -0.25) is 0 Å². The van der Waals surface area contributed by atoms with Crippen LogP contribution >= 0.6 is 0 Å². The monoisotopic (exact) mass is 178 g/mol. The average molecular weight is 178 g/mol. The molecule has 0 amide bonds. The maximum absolute atomic E-state index is 4.95. The lowest BCUT2D eigenvalue weighted by atomic mass is 10.4. The van der Waals surface area contributed by atoms with Crippen LogP contribution in [0.15, 0.2) is 23.1 Å². The Morgan fingerprint density at radius 3 is 3.08 bits per heavy atom. The molecule has 0 bridgehead atoms. The zero-order valence-electron chi connectivity index (χ0n) is 6.84. The first-order valence-electron chi connectivity index (χ1n) is 3.54. The largest absolute Gasteiger partial charge is 0.467 e. The normalized spacial score (nSPS) is 9.92. The summed E-state index contributed by atoms with van der Waals surface area (Å²) in [6.45, 7) is 0. The van der Waals surface area contributed by atoms with Crippen LogP contribution in [0.5, 0.6) is 6.01 Å². The van der Waals surface area contributed by atoms with E-state index in [1.807, 2.05) is 0 Å². The fraction of sp³-hybridized carbons (Fsp3) is 0.143. The topological polar surface area (TPSA) is 73.9 Å². The number of hydrogen-bond acceptors (Lipinski definition) is 6. The van der Waals surface area contributed by atoms with Crippen molar-refractivity contribution in [2.75, 3.05) is 7.11 Å². The summed E-state index contributed by atoms with van der Waals surface area (Å²) in [6.07, 6.45) is 2.80. The zero-order chi connectivity index (χ0) is 9.10. The molecule has 0 spiro atoms. The van der Waals surface area contributed by atoms with Gasteiger partial charge in [0.15, 0.2) is 0 Å². The zero-order valence-corrected chi connectivity index (χ0v) is 6.84. The minimum atomic E-state index is 0.274. The van der Waals surface area contributed by atoms with E-state index in [0.717, 1.165) is 0 Å². The van der Waals surface area contributed by atoms with Crippen molar-refractivity contribution in [2.45, 2.75) is 0 Å². The quantitative estimate of drug-likeness (QED) is 0.667. The summed E-state index contributed by atoms with van der Waals surface area (Å²) in [4.78, 5) is 7.85. The summed E-state index contributed by atoms with van der Waals surface area (Å²) in [5.41, 5.74) is 0.546. The van der Waals surface area contributed by atoms with E-state index in [-0.39, 0.29) is 6.01 Å². The summed E-state index contributed by atoms with van der Waals surface area (Å²) < 4.78 is 9.79. The first-order chi connectivity index (χ1) is 6.40. The first-order valence-corrected chi connectivity index (χ1v) is 3.54. The van der Waals surface area contributed by atoms with Crippen LogP contribution in [0.3, 0.4) is 0 Å². The Hall–Kier alpha value is -1.98. The van der Waals surface area contributed by atoms with E-state index < -0.39 is 0 Å². The van der Waals surface area contributed by atoms with Crippen LogP contribution in [-0.2, 0) is 0 Å². The average Bonchev–Trinajstić information content (AvgIpc) is 2.71. The molecule has 0 atom stereocenters. The fourth-order valence-electron chi connectivity index (χ4n) is 0.843. The molecule has 0 unspecified atom stereocenters. The van der Waals surface area contributed by atoms with E-state index in [4.69, 9.17) is 9.15 Å². The first kappa shape index (κ1) is 7.66. The molecule has 2 aromatic rings. The molecule has 0 aliphatic carbocycles. The second-order valence-electron chi connectivity index (χ2n) is 2.17. The lowest BCUT2D eigenvalue weighted by Crippen LogP contribution is -1.92. The van der Waals surface area contributed by atoms with Gasteiger partial charge in [0.25, 0.3) is 5.89 Å². The standard InChI is InChI=1S/C7H6N4O2/c1-12-7-8-3-2-5(10-7)6-11-9-4-13-6/h2-4H,1H3. The number of methoxy groups -OCH3 is 1. The van der Waals surface area contributed by atoms with Gasteiger partial charge in [0.2, 0.25) is 6.39 Å². The second kappa shape index (κ2) is 3.18. The number of nitrogens with zero attached hydrogens (tertiary/aromatic N) is 4. The molecule has 0 saturated carbocycles. The molecule has 0 saturated heterocycles. The van der Waals surface area contributed by atoms with Gasteiger partial charge in [0, 0.05) is 6.20 Å². The van der Waals surface area contributed by atoms with Crippen LogP contribution in [0.2, 0.25) is 0 Å². The van der Waals surface area contributed by atoms with Gasteiger partial charge in [0.05, 0.1) is 7.11 Å². The highest BCUT2D eigenvalue weighted by Gasteiger charge is 2.06. The molecule has 6 heteroatoms. The van der Waals surface area contributed by atoms with Crippen LogP contribution in [0.25, 0.3) is 11.6 Å². The molecule has 0 fully saturated rings. The molecule has 0 aliphatic rings. The highest BCUT2D eigenvalue weighted by molar-refractivity contribution is 5.44. The van der Waals surface area contributed by atoms with Gasteiger partial charge in [-0.15, -0.1) is 10.2 Å². The summed E-state index contributed by atoms with van der Waals surface area (Å²) in [7, 11) is 1.49. The molecule has 2 aromatic heterocycles. The van der Waals surface area contributed by atoms with Crippen molar-refractivity contribution in [1.82, 2.24) is 20.2 Å². The Morgan fingerprint density at radius 1 is 1.46 bits per heavy atom. The summed E-state index contributed by atoms with van der Waals surface area (Å²) in [6, 6.07) is 1.94. The van der Waals surface area contributed by atoms with Crippen molar-refractivity contribution < 1.29 is 9.15 Å².